The monoisotopic (exact) mass is 407 g/mol. The molecule has 0 aromatic heterocycles. The molecule has 2 amide bonds. The number of amides is 2. The van der Waals surface area contributed by atoms with E-state index < -0.39 is 0 Å². The number of nitrogens with zero attached hydrogens (tertiary/aromatic N) is 2. The van der Waals surface area contributed by atoms with Gasteiger partial charge >= 0.3 is 0 Å². The number of hydrogen-bond acceptors (Lipinski definition) is 3. The van der Waals surface area contributed by atoms with E-state index >= 15 is 0 Å². The molecular weight excluding hydrogens is 374 g/mol. The molecule has 1 aliphatic rings. The van der Waals surface area contributed by atoms with Gasteiger partial charge in [0.05, 0.1) is 12.6 Å². The van der Waals surface area contributed by atoms with Crippen LogP contribution in [-0.2, 0) is 9.59 Å². The lowest BCUT2D eigenvalue weighted by molar-refractivity contribution is -0.134. The van der Waals surface area contributed by atoms with Crippen molar-refractivity contribution in [3.8, 4) is 0 Å². The maximum Gasteiger partial charge on any atom is 0.242 e. The zero-order chi connectivity index (χ0) is 21.6. The van der Waals surface area contributed by atoms with E-state index in [0.29, 0.717) is 19.5 Å². The van der Waals surface area contributed by atoms with Crippen molar-refractivity contribution in [1.29, 1.82) is 0 Å². The summed E-state index contributed by atoms with van der Waals surface area (Å²) >= 11 is 0. The van der Waals surface area contributed by atoms with Crippen LogP contribution in [0.5, 0.6) is 0 Å². The number of nitrogens with one attached hydrogen (secondary N) is 1. The third-order valence-electron chi connectivity index (χ3n) is 5.39. The topological polar surface area (TPSA) is 52.7 Å². The molecular formula is C25H33N3O2. The van der Waals surface area contributed by atoms with Crippen LogP contribution in [0.15, 0.2) is 60.7 Å². The molecule has 0 bridgehead atoms. The Morgan fingerprint density at radius 1 is 0.867 bits per heavy atom. The molecule has 1 heterocycles. The van der Waals surface area contributed by atoms with Crippen LogP contribution in [0.4, 0.5) is 0 Å². The second-order valence-corrected chi connectivity index (χ2v) is 9.15. The first-order chi connectivity index (χ1) is 14.3. The quantitative estimate of drug-likeness (QED) is 0.798. The van der Waals surface area contributed by atoms with Crippen LogP contribution in [-0.4, -0.2) is 54.3 Å². The van der Waals surface area contributed by atoms with Gasteiger partial charge in [0.2, 0.25) is 11.8 Å². The van der Waals surface area contributed by atoms with Crippen LogP contribution in [0.3, 0.4) is 0 Å². The minimum atomic E-state index is -0.0807. The van der Waals surface area contributed by atoms with Crippen molar-refractivity contribution in [2.45, 2.75) is 33.2 Å². The SMILES string of the molecule is CC(C)(C)CC(=O)NCC(=O)N1CCN(C(c2ccccc2)c2ccccc2)CC1. The minimum absolute atomic E-state index is 0.00659. The summed E-state index contributed by atoms with van der Waals surface area (Å²) in [6, 6.07) is 21.2. The lowest BCUT2D eigenvalue weighted by atomic mass is 9.92. The summed E-state index contributed by atoms with van der Waals surface area (Å²) in [5.41, 5.74) is 2.44. The van der Waals surface area contributed by atoms with Crippen molar-refractivity contribution in [2.24, 2.45) is 5.41 Å². The molecule has 0 saturated carbocycles. The third kappa shape index (κ3) is 6.17. The van der Waals surface area contributed by atoms with E-state index in [9.17, 15) is 9.59 Å². The fourth-order valence-electron chi connectivity index (χ4n) is 3.94. The van der Waals surface area contributed by atoms with Crippen molar-refractivity contribution in [1.82, 2.24) is 15.1 Å². The van der Waals surface area contributed by atoms with Crippen LogP contribution in [0.1, 0.15) is 44.4 Å². The molecule has 0 aliphatic carbocycles. The van der Waals surface area contributed by atoms with Crippen molar-refractivity contribution >= 4 is 11.8 Å². The molecule has 160 valence electrons. The summed E-state index contributed by atoms with van der Waals surface area (Å²) in [5, 5.41) is 2.78. The van der Waals surface area contributed by atoms with E-state index in [0.717, 1.165) is 13.1 Å². The van der Waals surface area contributed by atoms with Crippen molar-refractivity contribution in [2.75, 3.05) is 32.7 Å². The standard InChI is InChI=1S/C25H33N3O2/c1-25(2,3)18-22(29)26-19-23(30)27-14-16-28(17-15-27)24(20-10-6-4-7-11-20)21-12-8-5-9-13-21/h4-13,24H,14-19H2,1-3H3,(H,26,29). The summed E-state index contributed by atoms with van der Waals surface area (Å²) in [6.07, 6.45) is 0.421. The van der Waals surface area contributed by atoms with Crippen LogP contribution in [0, 0.1) is 5.41 Å². The lowest BCUT2D eigenvalue weighted by Crippen LogP contribution is -2.52. The number of hydrogen-bond donors (Lipinski definition) is 1. The van der Waals surface area contributed by atoms with Gasteiger partial charge in [-0.25, -0.2) is 0 Å². The molecule has 0 radical (unpaired) electrons. The highest BCUT2D eigenvalue weighted by Crippen LogP contribution is 2.29. The molecule has 30 heavy (non-hydrogen) atoms. The Morgan fingerprint density at radius 3 is 1.83 bits per heavy atom. The third-order valence-corrected chi connectivity index (χ3v) is 5.39. The summed E-state index contributed by atoms with van der Waals surface area (Å²) in [5.74, 6) is -0.0735. The summed E-state index contributed by atoms with van der Waals surface area (Å²) in [6.45, 7) is 9.08. The highest BCUT2D eigenvalue weighted by atomic mass is 16.2. The Morgan fingerprint density at radius 2 is 1.37 bits per heavy atom. The predicted molar refractivity (Wildman–Crippen MR) is 120 cm³/mol. The second-order valence-electron chi connectivity index (χ2n) is 9.15. The Bertz CT molecular complexity index is 783. The van der Waals surface area contributed by atoms with Crippen molar-refractivity contribution in [3.05, 3.63) is 71.8 Å². The summed E-state index contributed by atoms with van der Waals surface area (Å²) in [4.78, 5) is 28.9. The summed E-state index contributed by atoms with van der Waals surface area (Å²) in [7, 11) is 0. The minimum Gasteiger partial charge on any atom is -0.347 e. The fraction of sp³-hybridized carbons (Fsp3) is 0.440. The van der Waals surface area contributed by atoms with Gasteiger partial charge in [0.1, 0.15) is 0 Å². The van der Waals surface area contributed by atoms with Crippen molar-refractivity contribution < 1.29 is 9.59 Å². The molecule has 3 rings (SSSR count). The summed E-state index contributed by atoms with van der Waals surface area (Å²) < 4.78 is 0. The molecule has 2 aromatic rings. The van der Waals surface area contributed by atoms with E-state index in [1.54, 1.807) is 0 Å². The zero-order valence-electron chi connectivity index (χ0n) is 18.3. The lowest BCUT2D eigenvalue weighted by Gasteiger charge is -2.39. The van der Waals surface area contributed by atoms with Gasteiger partial charge in [-0.3, -0.25) is 14.5 Å². The van der Waals surface area contributed by atoms with Gasteiger partial charge in [0.15, 0.2) is 0 Å². The van der Waals surface area contributed by atoms with Gasteiger partial charge in [0, 0.05) is 32.6 Å². The maximum absolute atomic E-state index is 12.6. The van der Waals surface area contributed by atoms with Gasteiger partial charge in [0.25, 0.3) is 0 Å². The molecule has 1 fully saturated rings. The number of benzene rings is 2. The first kappa shape index (κ1) is 22.0. The second kappa shape index (κ2) is 9.90. The van der Waals surface area contributed by atoms with Crippen LogP contribution >= 0.6 is 0 Å². The highest BCUT2D eigenvalue weighted by Gasteiger charge is 2.28. The predicted octanol–water partition coefficient (Wildman–Crippen LogP) is 3.47. The van der Waals surface area contributed by atoms with Crippen LogP contribution in [0.2, 0.25) is 0 Å². The Labute approximate surface area is 180 Å². The van der Waals surface area contributed by atoms with E-state index in [1.807, 2.05) is 37.8 Å². The maximum atomic E-state index is 12.6. The molecule has 1 aliphatic heterocycles. The molecule has 1 N–H and O–H groups in total. The number of carbonyl (C=O) groups excluding carboxylic acids is 2. The molecule has 2 aromatic carbocycles. The molecule has 5 nitrogen and oxygen atoms in total. The number of rotatable bonds is 6. The average Bonchev–Trinajstić information content (AvgIpc) is 2.73. The molecule has 0 spiro atoms. The van der Waals surface area contributed by atoms with Crippen LogP contribution < -0.4 is 5.32 Å². The van der Waals surface area contributed by atoms with Gasteiger partial charge in [-0.1, -0.05) is 81.4 Å². The molecule has 0 atom stereocenters. The smallest absolute Gasteiger partial charge is 0.242 e. The normalized spacial score (nSPS) is 15.3. The number of piperazine rings is 1. The largest absolute Gasteiger partial charge is 0.347 e. The first-order valence-corrected chi connectivity index (χ1v) is 10.7. The Hall–Kier alpha value is -2.66. The Balaban J connectivity index is 1.59. The zero-order valence-corrected chi connectivity index (χ0v) is 18.3. The van der Waals surface area contributed by atoms with Gasteiger partial charge in [-0.2, -0.15) is 0 Å². The molecule has 0 unspecified atom stereocenters. The first-order valence-electron chi connectivity index (χ1n) is 10.7. The van der Waals surface area contributed by atoms with E-state index in [4.69, 9.17) is 0 Å². The van der Waals surface area contributed by atoms with Gasteiger partial charge in [-0.15, -0.1) is 0 Å². The number of carbonyl (C=O) groups is 2. The fourth-order valence-corrected chi connectivity index (χ4v) is 3.94. The van der Waals surface area contributed by atoms with E-state index in [-0.39, 0.29) is 29.8 Å². The average molecular weight is 408 g/mol. The Kier molecular flexibility index (Phi) is 7.27. The molecule has 1 saturated heterocycles. The highest BCUT2D eigenvalue weighted by molar-refractivity contribution is 5.85. The van der Waals surface area contributed by atoms with Crippen LogP contribution in [0.25, 0.3) is 0 Å². The van der Waals surface area contributed by atoms with Crippen molar-refractivity contribution in [3.63, 3.8) is 0 Å². The van der Waals surface area contributed by atoms with E-state index in [1.165, 1.54) is 11.1 Å². The van der Waals surface area contributed by atoms with E-state index in [2.05, 4.69) is 58.7 Å². The van der Waals surface area contributed by atoms with Gasteiger partial charge < -0.3 is 10.2 Å². The van der Waals surface area contributed by atoms with Gasteiger partial charge in [-0.05, 0) is 16.5 Å². The molecule has 5 heteroatoms.